The second-order valence-electron chi connectivity index (χ2n) is 3.70. The Morgan fingerprint density at radius 3 is 3.08 bits per heavy atom. The van der Waals surface area contributed by atoms with E-state index in [1.165, 1.54) is 45.2 Å². The van der Waals surface area contributed by atoms with Crippen molar-refractivity contribution in [2.45, 2.75) is 45.1 Å². The van der Waals surface area contributed by atoms with E-state index < -0.39 is 0 Å². The molecule has 70 valence electrons. The molecule has 0 aromatic carbocycles. The maximum absolute atomic E-state index is 3.77. The Morgan fingerprint density at radius 2 is 2.42 bits per heavy atom. The zero-order valence-corrected chi connectivity index (χ0v) is 8.26. The Morgan fingerprint density at radius 1 is 1.58 bits per heavy atom. The Kier molecular flexibility index (Phi) is 4.37. The summed E-state index contributed by atoms with van der Waals surface area (Å²) in [5, 5.41) is 0. The zero-order chi connectivity index (χ0) is 8.81. The highest BCUT2D eigenvalue weighted by Crippen LogP contribution is 2.21. The van der Waals surface area contributed by atoms with E-state index in [9.17, 15) is 0 Å². The summed E-state index contributed by atoms with van der Waals surface area (Å²) in [6, 6.07) is 0.864. The van der Waals surface area contributed by atoms with Gasteiger partial charge in [-0.15, -0.1) is 6.58 Å². The van der Waals surface area contributed by atoms with Gasteiger partial charge in [-0.2, -0.15) is 0 Å². The van der Waals surface area contributed by atoms with Gasteiger partial charge in [-0.05, 0) is 45.2 Å². The average molecular weight is 167 g/mol. The maximum Gasteiger partial charge on any atom is 0.00986 e. The number of nitrogens with zero attached hydrogens (tertiary/aromatic N) is 1. The third-order valence-corrected chi connectivity index (χ3v) is 2.71. The fourth-order valence-corrected chi connectivity index (χ4v) is 2.11. The monoisotopic (exact) mass is 167 g/mol. The lowest BCUT2D eigenvalue weighted by molar-refractivity contribution is 0.244. The van der Waals surface area contributed by atoms with Crippen molar-refractivity contribution in [1.29, 1.82) is 0 Å². The van der Waals surface area contributed by atoms with Crippen molar-refractivity contribution in [3.8, 4) is 0 Å². The molecule has 12 heavy (non-hydrogen) atoms. The fourth-order valence-electron chi connectivity index (χ4n) is 2.11. The lowest BCUT2D eigenvalue weighted by atomic mass is 10.1. The van der Waals surface area contributed by atoms with E-state index >= 15 is 0 Å². The van der Waals surface area contributed by atoms with Crippen molar-refractivity contribution >= 4 is 0 Å². The van der Waals surface area contributed by atoms with Crippen LogP contribution in [0.25, 0.3) is 0 Å². The van der Waals surface area contributed by atoms with Crippen LogP contribution in [0.3, 0.4) is 0 Å². The summed E-state index contributed by atoms with van der Waals surface area (Å²) in [6.45, 7) is 8.66. The van der Waals surface area contributed by atoms with Crippen LogP contribution in [-0.4, -0.2) is 24.0 Å². The quantitative estimate of drug-likeness (QED) is 0.569. The van der Waals surface area contributed by atoms with Gasteiger partial charge in [0.15, 0.2) is 0 Å². The minimum atomic E-state index is 0.864. The van der Waals surface area contributed by atoms with Gasteiger partial charge < -0.3 is 4.90 Å². The first-order valence-electron chi connectivity index (χ1n) is 5.23. The summed E-state index contributed by atoms with van der Waals surface area (Å²) < 4.78 is 0. The van der Waals surface area contributed by atoms with Crippen LogP contribution in [0.4, 0.5) is 0 Å². The Bertz CT molecular complexity index is 131. The normalized spacial score (nSPS) is 24.6. The molecule has 0 aliphatic carbocycles. The second-order valence-corrected chi connectivity index (χ2v) is 3.70. The van der Waals surface area contributed by atoms with E-state index in [4.69, 9.17) is 0 Å². The fraction of sp³-hybridized carbons (Fsp3) is 0.818. The van der Waals surface area contributed by atoms with Crippen molar-refractivity contribution in [1.82, 2.24) is 4.90 Å². The van der Waals surface area contributed by atoms with Crippen molar-refractivity contribution in [2.24, 2.45) is 0 Å². The van der Waals surface area contributed by atoms with Gasteiger partial charge in [-0.3, -0.25) is 0 Å². The molecule has 1 heteroatoms. The lowest BCUT2D eigenvalue weighted by Crippen LogP contribution is -2.29. The Labute approximate surface area is 76.5 Å². The highest BCUT2D eigenvalue weighted by molar-refractivity contribution is 4.81. The van der Waals surface area contributed by atoms with Gasteiger partial charge in [0, 0.05) is 6.04 Å². The molecule has 0 aromatic rings. The van der Waals surface area contributed by atoms with Crippen LogP contribution in [0.2, 0.25) is 0 Å². The molecule has 1 aliphatic heterocycles. The van der Waals surface area contributed by atoms with Gasteiger partial charge in [0.1, 0.15) is 0 Å². The third-order valence-electron chi connectivity index (χ3n) is 2.71. The SMILES string of the molecule is C=CCCC1CCCN1CCC. The molecule has 0 spiro atoms. The van der Waals surface area contributed by atoms with Crippen LogP contribution >= 0.6 is 0 Å². The Balaban J connectivity index is 2.25. The van der Waals surface area contributed by atoms with Crippen molar-refractivity contribution < 1.29 is 0 Å². The van der Waals surface area contributed by atoms with Crippen LogP contribution in [0.15, 0.2) is 12.7 Å². The number of rotatable bonds is 5. The molecule has 1 fully saturated rings. The number of allylic oxidation sites excluding steroid dienone is 1. The smallest absolute Gasteiger partial charge is 0.00986 e. The molecule has 0 radical (unpaired) electrons. The molecule has 1 rings (SSSR count). The number of hydrogen-bond donors (Lipinski definition) is 0. The molecule has 1 heterocycles. The Hall–Kier alpha value is -0.300. The van der Waals surface area contributed by atoms with Crippen molar-refractivity contribution in [3.05, 3.63) is 12.7 Å². The van der Waals surface area contributed by atoms with Crippen LogP contribution in [-0.2, 0) is 0 Å². The highest BCUT2D eigenvalue weighted by Gasteiger charge is 2.22. The third kappa shape index (κ3) is 2.63. The molecule has 1 aliphatic rings. The van der Waals surface area contributed by atoms with Gasteiger partial charge in [0.05, 0.1) is 0 Å². The van der Waals surface area contributed by atoms with Gasteiger partial charge in [-0.25, -0.2) is 0 Å². The lowest BCUT2D eigenvalue weighted by Gasteiger charge is -2.23. The van der Waals surface area contributed by atoms with Gasteiger partial charge >= 0.3 is 0 Å². The largest absolute Gasteiger partial charge is 0.300 e. The average Bonchev–Trinajstić information content (AvgIpc) is 2.50. The van der Waals surface area contributed by atoms with Gasteiger partial charge in [0.2, 0.25) is 0 Å². The molecule has 0 aromatic heterocycles. The standard InChI is InChI=1S/C11H21N/c1-3-5-7-11-8-6-10-12(11)9-4-2/h3,11H,1,4-10H2,2H3. The molecule has 1 saturated heterocycles. The van der Waals surface area contributed by atoms with E-state index in [-0.39, 0.29) is 0 Å². The number of likely N-dealkylation sites (tertiary alicyclic amines) is 1. The topological polar surface area (TPSA) is 3.24 Å². The van der Waals surface area contributed by atoms with Gasteiger partial charge in [-0.1, -0.05) is 13.0 Å². The van der Waals surface area contributed by atoms with Crippen LogP contribution < -0.4 is 0 Å². The minimum Gasteiger partial charge on any atom is -0.300 e. The summed E-state index contributed by atoms with van der Waals surface area (Å²) in [6.07, 6.45) is 8.66. The van der Waals surface area contributed by atoms with E-state index in [0.29, 0.717) is 0 Å². The van der Waals surface area contributed by atoms with Crippen molar-refractivity contribution in [3.63, 3.8) is 0 Å². The second kappa shape index (κ2) is 5.36. The minimum absolute atomic E-state index is 0.864. The maximum atomic E-state index is 3.77. The summed E-state index contributed by atoms with van der Waals surface area (Å²) in [7, 11) is 0. The molecule has 1 nitrogen and oxygen atoms in total. The van der Waals surface area contributed by atoms with Crippen molar-refractivity contribution in [2.75, 3.05) is 13.1 Å². The van der Waals surface area contributed by atoms with Crippen LogP contribution in [0.5, 0.6) is 0 Å². The predicted octanol–water partition coefficient (Wildman–Crippen LogP) is 2.83. The highest BCUT2D eigenvalue weighted by atomic mass is 15.2. The first kappa shape index (κ1) is 9.79. The molecule has 0 bridgehead atoms. The van der Waals surface area contributed by atoms with Crippen LogP contribution in [0, 0.1) is 0 Å². The molecule has 1 unspecified atom stereocenters. The molecule has 1 atom stereocenters. The first-order valence-corrected chi connectivity index (χ1v) is 5.23. The first-order chi connectivity index (χ1) is 5.88. The number of hydrogen-bond acceptors (Lipinski definition) is 1. The van der Waals surface area contributed by atoms with E-state index in [2.05, 4.69) is 18.4 Å². The summed E-state index contributed by atoms with van der Waals surface area (Å²) in [5.41, 5.74) is 0. The molecular formula is C11H21N. The van der Waals surface area contributed by atoms with E-state index in [1.807, 2.05) is 6.08 Å². The molecular weight excluding hydrogens is 146 g/mol. The summed E-state index contributed by atoms with van der Waals surface area (Å²) >= 11 is 0. The molecule has 0 N–H and O–H groups in total. The summed E-state index contributed by atoms with van der Waals surface area (Å²) in [5.74, 6) is 0. The van der Waals surface area contributed by atoms with Gasteiger partial charge in [0.25, 0.3) is 0 Å². The summed E-state index contributed by atoms with van der Waals surface area (Å²) in [4.78, 5) is 2.64. The molecule has 0 amide bonds. The van der Waals surface area contributed by atoms with Crippen LogP contribution in [0.1, 0.15) is 39.0 Å². The predicted molar refractivity (Wildman–Crippen MR) is 54.3 cm³/mol. The van der Waals surface area contributed by atoms with E-state index in [0.717, 1.165) is 6.04 Å². The molecule has 0 saturated carbocycles. The zero-order valence-electron chi connectivity index (χ0n) is 8.26. The van der Waals surface area contributed by atoms with E-state index in [1.54, 1.807) is 0 Å².